The molecule has 4 rings (SSSR count). The van der Waals surface area contributed by atoms with Gasteiger partial charge in [-0.05, 0) is 49.8 Å². The first-order valence-corrected chi connectivity index (χ1v) is 13.2. The van der Waals surface area contributed by atoms with Crippen LogP contribution in [0.15, 0.2) is 41.6 Å². The zero-order valence-corrected chi connectivity index (χ0v) is 22.8. The van der Waals surface area contributed by atoms with Crippen LogP contribution in [0.25, 0.3) is 11.2 Å². The van der Waals surface area contributed by atoms with E-state index in [1.165, 1.54) is 47.9 Å². The Kier molecular flexibility index (Phi) is 9.25. The first kappa shape index (κ1) is 28.5. The van der Waals surface area contributed by atoms with Gasteiger partial charge in [0.15, 0.2) is 5.65 Å². The third kappa shape index (κ3) is 7.52. The van der Waals surface area contributed by atoms with E-state index in [1.807, 2.05) is 0 Å². The number of nitrogens with zero attached hydrogens (tertiary/aromatic N) is 5. The summed E-state index contributed by atoms with van der Waals surface area (Å²) in [5.41, 5.74) is 1.81. The summed E-state index contributed by atoms with van der Waals surface area (Å²) < 4.78 is 6.05. The van der Waals surface area contributed by atoms with Gasteiger partial charge in [-0.1, -0.05) is 18.9 Å². The first-order valence-electron chi connectivity index (χ1n) is 13.2. The van der Waals surface area contributed by atoms with Crippen LogP contribution in [-0.2, 0) is 27.3 Å². The summed E-state index contributed by atoms with van der Waals surface area (Å²) in [5.74, 6) is 0.522. The minimum atomic E-state index is -0.998. The number of aromatic nitrogens is 5. The van der Waals surface area contributed by atoms with Crippen LogP contribution in [0, 0.1) is 5.92 Å². The molecule has 0 aromatic carbocycles. The van der Waals surface area contributed by atoms with E-state index in [2.05, 4.69) is 35.3 Å². The molecule has 0 bridgehead atoms. The largest absolute Gasteiger partial charge is 0.453 e. The molecule has 0 saturated heterocycles. The van der Waals surface area contributed by atoms with E-state index < -0.39 is 23.6 Å². The fourth-order valence-electron chi connectivity index (χ4n) is 4.13. The van der Waals surface area contributed by atoms with Crippen molar-refractivity contribution in [2.24, 2.45) is 5.92 Å². The molecule has 13 heteroatoms. The fourth-order valence-corrected chi connectivity index (χ4v) is 4.13. The number of aryl methyl sites for hydroxylation is 1. The number of H-pyrrole nitrogens is 1. The molecule has 1 aliphatic carbocycles. The number of alkyl carbamates (subject to hydrolysis) is 1. The lowest BCUT2D eigenvalue weighted by atomic mass is 10.1. The molecule has 1 unspecified atom stereocenters. The van der Waals surface area contributed by atoms with Crippen LogP contribution < -0.4 is 16.2 Å². The van der Waals surface area contributed by atoms with Crippen molar-refractivity contribution in [3.8, 4) is 0 Å². The number of fused-ring (bicyclic) bond motifs is 1. The molecule has 3 aromatic rings. The molecule has 0 radical (unpaired) electrons. The first-order chi connectivity index (χ1) is 19.2. The maximum Gasteiger partial charge on any atom is 0.407 e. The second kappa shape index (κ2) is 13.0. The zero-order valence-electron chi connectivity index (χ0n) is 22.8. The molecule has 1 aliphatic rings. The number of rotatable bonds is 12. The predicted molar refractivity (Wildman–Crippen MR) is 148 cm³/mol. The molecule has 1 fully saturated rings. The minimum Gasteiger partial charge on any atom is -0.453 e. The van der Waals surface area contributed by atoms with E-state index in [4.69, 9.17) is 0 Å². The van der Waals surface area contributed by atoms with E-state index in [9.17, 15) is 19.2 Å². The third-order valence-electron chi connectivity index (χ3n) is 6.61. The van der Waals surface area contributed by atoms with Crippen molar-refractivity contribution in [3.63, 3.8) is 0 Å². The number of carbonyl (C=O) groups is 3. The Morgan fingerprint density at radius 3 is 2.80 bits per heavy atom. The summed E-state index contributed by atoms with van der Waals surface area (Å²) in [6.07, 6.45) is 10.3. The summed E-state index contributed by atoms with van der Waals surface area (Å²) in [6.45, 7) is 0.134. The Balaban J connectivity index is 1.45. The van der Waals surface area contributed by atoms with Gasteiger partial charge in [0, 0.05) is 20.3 Å². The predicted octanol–water partition coefficient (Wildman–Crippen LogP) is 1.99. The van der Waals surface area contributed by atoms with Gasteiger partial charge in [-0.15, -0.1) is 0 Å². The van der Waals surface area contributed by atoms with Gasteiger partial charge in [0.1, 0.15) is 29.4 Å². The Bertz CT molecular complexity index is 1460. The van der Waals surface area contributed by atoms with Crippen LogP contribution in [0.2, 0.25) is 0 Å². The topological polar surface area (TPSA) is 164 Å². The molecule has 13 nitrogen and oxygen atoms in total. The van der Waals surface area contributed by atoms with E-state index in [-0.39, 0.29) is 24.6 Å². The van der Waals surface area contributed by atoms with E-state index in [0.717, 1.165) is 24.5 Å². The van der Waals surface area contributed by atoms with Crippen LogP contribution in [0.4, 0.5) is 10.5 Å². The highest BCUT2D eigenvalue weighted by Crippen LogP contribution is 2.33. The highest BCUT2D eigenvalue weighted by atomic mass is 16.5. The Hall–Kier alpha value is -4.55. The normalized spacial score (nSPS) is 13.8. The molecule has 0 aliphatic heterocycles. The van der Waals surface area contributed by atoms with Crippen molar-refractivity contribution in [3.05, 3.63) is 58.7 Å². The van der Waals surface area contributed by atoms with Gasteiger partial charge < -0.3 is 29.8 Å². The number of methoxy groups -OCH3 is 1. The van der Waals surface area contributed by atoms with Gasteiger partial charge in [0.05, 0.1) is 19.3 Å². The molecule has 3 heterocycles. The quantitative estimate of drug-likeness (QED) is 0.288. The maximum absolute atomic E-state index is 13.2. The molecule has 1 saturated carbocycles. The Labute approximate surface area is 231 Å². The van der Waals surface area contributed by atoms with Crippen LogP contribution >= 0.6 is 0 Å². The number of likely N-dealkylation sites (N-methyl/N-ethyl adjacent to an activating group) is 1. The highest BCUT2D eigenvalue weighted by molar-refractivity contribution is 5.96. The molecule has 1 atom stereocenters. The molecule has 0 spiro atoms. The van der Waals surface area contributed by atoms with Crippen LogP contribution in [-0.4, -0.2) is 74.6 Å². The van der Waals surface area contributed by atoms with E-state index >= 15 is 0 Å². The number of aromatic amines is 1. The van der Waals surface area contributed by atoms with Gasteiger partial charge in [-0.3, -0.25) is 14.4 Å². The number of carbonyl (C=O) groups excluding carboxylic acids is 3. The monoisotopic (exact) mass is 550 g/mol. The van der Waals surface area contributed by atoms with Gasteiger partial charge in [0.25, 0.3) is 5.56 Å². The molecule has 40 heavy (non-hydrogen) atoms. The summed E-state index contributed by atoms with van der Waals surface area (Å²) in [7, 11) is 4.45. The van der Waals surface area contributed by atoms with Crippen molar-refractivity contribution < 1.29 is 19.1 Å². The lowest BCUT2D eigenvalue weighted by Gasteiger charge is -2.17. The summed E-state index contributed by atoms with van der Waals surface area (Å²) >= 11 is 0. The van der Waals surface area contributed by atoms with Crippen molar-refractivity contribution in [2.45, 2.75) is 51.1 Å². The number of hydrogen-bond donors (Lipinski definition) is 3. The number of nitrogens with one attached hydrogen (secondary N) is 3. The fraction of sp³-hybridized carbons (Fsp3) is 0.444. The second-order valence-electron chi connectivity index (χ2n) is 9.93. The minimum absolute atomic E-state index is 0.0449. The van der Waals surface area contributed by atoms with Crippen molar-refractivity contribution >= 4 is 34.8 Å². The van der Waals surface area contributed by atoms with Crippen LogP contribution in [0.1, 0.15) is 43.6 Å². The number of allylic oxidation sites excluding steroid dienone is 1. The van der Waals surface area contributed by atoms with Gasteiger partial charge in [0.2, 0.25) is 11.8 Å². The summed E-state index contributed by atoms with van der Waals surface area (Å²) in [4.78, 5) is 67.7. The molecule has 3 aromatic heterocycles. The molecule has 212 valence electrons. The lowest BCUT2D eigenvalue weighted by Crippen LogP contribution is -2.44. The maximum atomic E-state index is 13.2. The molecule has 3 amide bonds. The third-order valence-corrected chi connectivity index (χ3v) is 6.61. The van der Waals surface area contributed by atoms with Crippen molar-refractivity contribution in [1.82, 2.24) is 34.7 Å². The Morgan fingerprint density at radius 2 is 2.08 bits per heavy atom. The van der Waals surface area contributed by atoms with Gasteiger partial charge in [-0.25, -0.2) is 19.7 Å². The van der Waals surface area contributed by atoms with Crippen LogP contribution in [0.5, 0.6) is 0 Å². The molecular formula is C27H34N8O5. The number of pyridine rings is 1. The summed E-state index contributed by atoms with van der Waals surface area (Å²) in [6, 6.07) is 2.13. The number of amides is 3. The Morgan fingerprint density at radius 1 is 1.27 bits per heavy atom. The van der Waals surface area contributed by atoms with Crippen molar-refractivity contribution in [2.75, 3.05) is 26.5 Å². The van der Waals surface area contributed by atoms with Crippen LogP contribution in [0.3, 0.4) is 0 Å². The number of imidazole rings is 1. The highest BCUT2D eigenvalue weighted by Gasteiger charge is 2.23. The van der Waals surface area contributed by atoms with Crippen molar-refractivity contribution in [1.29, 1.82) is 0 Å². The zero-order chi connectivity index (χ0) is 28.6. The second-order valence-corrected chi connectivity index (χ2v) is 9.93. The summed E-state index contributed by atoms with van der Waals surface area (Å²) in [5, 5.41) is 5.08. The van der Waals surface area contributed by atoms with E-state index in [1.54, 1.807) is 32.4 Å². The molecular weight excluding hydrogens is 516 g/mol. The average molecular weight is 551 g/mol. The number of anilines is 1. The smallest absolute Gasteiger partial charge is 0.407 e. The lowest BCUT2D eigenvalue weighted by molar-refractivity contribution is -0.123. The average Bonchev–Trinajstić information content (AvgIpc) is 3.67. The standard InChI is InChI=1S/C27H34N8O5/c1-34(2)22(36)9-5-4-7-19(31-27(39)40-3)25(37)30-20-8-6-14-35(26(20)38)15-21-32-23-18(13-12-17-10-11-17)28-16-29-24(23)33-21/h5-6,8-9,14,16-17,19H,4,7,10-13,15H2,1-3H3,(H,30,37)(H,31,39)(H,28,29,32,33). The SMILES string of the molecule is COC(=O)NC(CCC=CC(=O)N(C)C)C(=O)Nc1cccn(Cc2nc3c(CCC4CC4)ncnc3[nH]2)c1=O. The van der Waals surface area contributed by atoms with E-state index in [0.29, 0.717) is 23.4 Å². The van der Waals surface area contributed by atoms with Gasteiger partial charge in [-0.2, -0.15) is 0 Å². The number of hydrogen-bond acceptors (Lipinski definition) is 8. The van der Waals surface area contributed by atoms with Gasteiger partial charge >= 0.3 is 6.09 Å². The number of ether oxygens (including phenoxy) is 1. The molecule has 3 N–H and O–H groups in total.